The van der Waals surface area contributed by atoms with Crippen molar-refractivity contribution in [1.82, 2.24) is 0 Å². The number of benzene rings is 1. The minimum atomic E-state index is -0.707. The molecular weight excluding hydrogens is 232 g/mol. The van der Waals surface area contributed by atoms with Crippen LogP contribution in [0.4, 0.5) is 0 Å². The summed E-state index contributed by atoms with van der Waals surface area (Å²) in [6.07, 6.45) is 2.20. The van der Waals surface area contributed by atoms with Gasteiger partial charge in [0.05, 0.1) is 6.42 Å². The molecule has 0 saturated heterocycles. The van der Waals surface area contributed by atoms with E-state index in [9.17, 15) is 4.79 Å². The van der Waals surface area contributed by atoms with E-state index in [2.05, 4.69) is 26.0 Å². The molecule has 94 valence electrons. The average Bonchev–Trinajstić information content (AvgIpc) is 2.27. The topological polar surface area (TPSA) is 37.3 Å². The maximum absolute atomic E-state index is 10.9. The lowest BCUT2D eigenvalue weighted by Crippen LogP contribution is -2.24. The van der Waals surface area contributed by atoms with Crippen LogP contribution in [-0.2, 0) is 10.5 Å². The Balaban J connectivity index is 2.58. The smallest absolute Gasteiger partial charge is 0.304 e. The van der Waals surface area contributed by atoms with E-state index < -0.39 is 5.97 Å². The molecule has 0 heterocycles. The predicted octanol–water partition coefficient (Wildman–Crippen LogP) is 3.95. The molecule has 1 aromatic rings. The van der Waals surface area contributed by atoms with Crippen molar-refractivity contribution < 1.29 is 9.90 Å². The van der Waals surface area contributed by atoms with Crippen LogP contribution >= 0.6 is 11.8 Å². The average molecular weight is 252 g/mol. The zero-order valence-corrected chi connectivity index (χ0v) is 11.3. The Kier molecular flexibility index (Phi) is 5.56. The van der Waals surface area contributed by atoms with Crippen LogP contribution in [0.5, 0.6) is 0 Å². The van der Waals surface area contributed by atoms with Gasteiger partial charge in [-0.05, 0) is 18.9 Å². The summed E-state index contributed by atoms with van der Waals surface area (Å²) in [5.74, 6) is 0.173. The number of hydrogen-bond donors (Lipinski definition) is 1. The van der Waals surface area contributed by atoms with Crippen molar-refractivity contribution in [3.63, 3.8) is 0 Å². The predicted molar refractivity (Wildman–Crippen MR) is 73.3 cm³/mol. The van der Waals surface area contributed by atoms with Crippen molar-refractivity contribution in [2.24, 2.45) is 0 Å². The first kappa shape index (κ1) is 14.1. The van der Waals surface area contributed by atoms with Crippen LogP contribution in [0.15, 0.2) is 30.3 Å². The van der Waals surface area contributed by atoms with Gasteiger partial charge >= 0.3 is 5.97 Å². The quantitative estimate of drug-likeness (QED) is 0.798. The number of hydrogen-bond acceptors (Lipinski definition) is 2. The van der Waals surface area contributed by atoms with Crippen molar-refractivity contribution >= 4 is 17.7 Å². The Morgan fingerprint density at radius 2 is 2.00 bits per heavy atom. The molecule has 3 heteroatoms. The van der Waals surface area contributed by atoms with E-state index in [0.29, 0.717) is 0 Å². The van der Waals surface area contributed by atoms with Gasteiger partial charge in [0.15, 0.2) is 0 Å². The number of aliphatic carboxylic acids is 1. The Hall–Kier alpha value is -0.960. The van der Waals surface area contributed by atoms with Gasteiger partial charge in [0.1, 0.15) is 0 Å². The van der Waals surface area contributed by atoms with Gasteiger partial charge in [-0.3, -0.25) is 4.79 Å². The lowest BCUT2D eigenvalue weighted by atomic mass is 10.0. The van der Waals surface area contributed by atoms with E-state index in [1.165, 1.54) is 5.56 Å². The monoisotopic (exact) mass is 252 g/mol. The van der Waals surface area contributed by atoms with Gasteiger partial charge in [-0.25, -0.2) is 0 Å². The third-order valence-electron chi connectivity index (χ3n) is 2.73. The zero-order chi connectivity index (χ0) is 12.7. The highest BCUT2D eigenvalue weighted by atomic mass is 32.2. The lowest BCUT2D eigenvalue weighted by molar-refractivity contribution is -0.137. The Morgan fingerprint density at radius 1 is 1.35 bits per heavy atom. The van der Waals surface area contributed by atoms with Gasteiger partial charge in [-0.15, -0.1) is 0 Å². The molecule has 0 radical (unpaired) electrons. The normalized spacial score (nSPS) is 14.2. The number of carboxylic acids is 1. The number of carbonyl (C=O) groups is 1. The molecule has 1 N–H and O–H groups in total. The molecule has 0 aromatic heterocycles. The Bertz CT molecular complexity index is 350. The highest BCUT2D eigenvalue weighted by Crippen LogP contribution is 2.35. The van der Waals surface area contributed by atoms with Crippen LogP contribution in [0.1, 0.15) is 38.7 Å². The molecule has 2 nitrogen and oxygen atoms in total. The summed E-state index contributed by atoms with van der Waals surface area (Å²) >= 11 is 1.75. The summed E-state index contributed by atoms with van der Waals surface area (Å²) in [4.78, 5) is 10.9. The Labute approximate surface area is 107 Å². The maximum Gasteiger partial charge on any atom is 0.304 e. The first-order chi connectivity index (χ1) is 8.06. The fraction of sp³-hybridized carbons (Fsp3) is 0.500. The molecule has 0 aliphatic carbocycles. The van der Waals surface area contributed by atoms with E-state index in [1.54, 1.807) is 11.8 Å². The van der Waals surface area contributed by atoms with E-state index >= 15 is 0 Å². The summed E-state index contributed by atoms with van der Waals surface area (Å²) in [6, 6.07) is 10.2. The minimum Gasteiger partial charge on any atom is -0.481 e. The van der Waals surface area contributed by atoms with Gasteiger partial charge in [0.2, 0.25) is 0 Å². The van der Waals surface area contributed by atoms with Crippen molar-refractivity contribution in [3.8, 4) is 0 Å². The molecule has 1 atom stereocenters. The summed E-state index contributed by atoms with van der Waals surface area (Å²) in [6.45, 7) is 4.15. The molecular formula is C14H20O2S. The Morgan fingerprint density at radius 3 is 2.53 bits per heavy atom. The molecule has 0 bridgehead atoms. The summed E-state index contributed by atoms with van der Waals surface area (Å²) in [5.41, 5.74) is 1.25. The van der Waals surface area contributed by atoms with E-state index in [-0.39, 0.29) is 11.2 Å². The van der Waals surface area contributed by atoms with Crippen LogP contribution in [0.25, 0.3) is 0 Å². The van der Waals surface area contributed by atoms with Gasteiger partial charge in [-0.2, -0.15) is 11.8 Å². The van der Waals surface area contributed by atoms with Gasteiger partial charge in [-0.1, -0.05) is 43.7 Å². The lowest BCUT2D eigenvalue weighted by Gasteiger charge is -2.27. The van der Waals surface area contributed by atoms with Crippen LogP contribution in [0.2, 0.25) is 0 Å². The highest BCUT2D eigenvalue weighted by molar-refractivity contribution is 7.99. The van der Waals surface area contributed by atoms with Gasteiger partial charge in [0, 0.05) is 10.5 Å². The van der Waals surface area contributed by atoms with E-state index in [1.807, 2.05) is 18.2 Å². The molecule has 1 rings (SSSR count). The van der Waals surface area contributed by atoms with Crippen LogP contribution in [-0.4, -0.2) is 15.8 Å². The molecule has 1 unspecified atom stereocenters. The summed E-state index contributed by atoms with van der Waals surface area (Å²) in [5, 5.41) is 8.96. The summed E-state index contributed by atoms with van der Waals surface area (Å²) in [7, 11) is 0. The molecule has 0 fully saturated rings. The molecule has 1 aromatic carbocycles. The molecule has 0 spiro atoms. The minimum absolute atomic E-state index is 0.156. The van der Waals surface area contributed by atoms with Crippen molar-refractivity contribution in [2.45, 2.75) is 43.6 Å². The molecule has 17 heavy (non-hydrogen) atoms. The van der Waals surface area contributed by atoms with Crippen molar-refractivity contribution in [1.29, 1.82) is 0 Å². The fourth-order valence-corrected chi connectivity index (χ4v) is 3.17. The second kappa shape index (κ2) is 6.70. The third kappa shape index (κ3) is 5.26. The molecule has 0 aliphatic rings. The first-order valence-corrected chi connectivity index (χ1v) is 6.94. The third-order valence-corrected chi connectivity index (χ3v) is 4.26. The van der Waals surface area contributed by atoms with Crippen LogP contribution in [0.3, 0.4) is 0 Å². The molecule has 0 aliphatic heterocycles. The second-order valence-corrected chi connectivity index (χ2v) is 6.11. The highest BCUT2D eigenvalue weighted by Gasteiger charge is 2.27. The van der Waals surface area contributed by atoms with Crippen LogP contribution < -0.4 is 0 Å². The largest absolute Gasteiger partial charge is 0.481 e. The van der Waals surface area contributed by atoms with E-state index in [4.69, 9.17) is 5.11 Å². The first-order valence-electron chi connectivity index (χ1n) is 5.95. The summed E-state index contributed by atoms with van der Waals surface area (Å²) < 4.78 is -0.156. The molecule has 0 saturated carbocycles. The number of carboxylic acid groups (broad SMARTS) is 1. The van der Waals surface area contributed by atoms with Crippen LogP contribution in [0, 0.1) is 0 Å². The second-order valence-electron chi connectivity index (χ2n) is 4.54. The van der Waals surface area contributed by atoms with Gasteiger partial charge < -0.3 is 5.11 Å². The van der Waals surface area contributed by atoms with E-state index in [0.717, 1.165) is 18.6 Å². The standard InChI is InChI=1S/C14H20O2S/c1-3-9-14(2,10-13(15)16)17-11-12-7-5-4-6-8-12/h4-8H,3,9-11H2,1-2H3,(H,15,16). The maximum atomic E-state index is 10.9. The van der Waals surface area contributed by atoms with Crippen molar-refractivity contribution in [3.05, 3.63) is 35.9 Å². The van der Waals surface area contributed by atoms with Gasteiger partial charge in [0.25, 0.3) is 0 Å². The SMILES string of the molecule is CCCC(C)(CC(=O)O)SCc1ccccc1. The number of thioether (sulfide) groups is 1. The fourth-order valence-electron chi connectivity index (χ4n) is 1.89. The number of rotatable bonds is 7. The van der Waals surface area contributed by atoms with Crippen molar-refractivity contribution in [2.75, 3.05) is 0 Å². The molecule has 0 amide bonds. The zero-order valence-electron chi connectivity index (χ0n) is 10.5.